The molecule has 6 nitrogen and oxygen atoms in total. The fourth-order valence-corrected chi connectivity index (χ4v) is 2.76. The van der Waals surface area contributed by atoms with Crippen LogP contribution in [0.4, 0.5) is 0 Å². The minimum Gasteiger partial charge on any atom is -0.295 e. The second-order valence-corrected chi connectivity index (χ2v) is 5.42. The Morgan fingerprint density at radius 2 is 2.05 bits per heavy atom. The molecule has 1 saturated heterocycles. The zero-order chi connectivity index (χ0) is 14.3. The van der Waals surface area contributed by atoms with E-state index in [9.17, 15) is 14.4 Å². The highest BCUT2D eigenvalue weighted by molar-refractivity contribution is 9.10. The number of nitrogens with zero attached hydrogens (tertiary/aromatic N) is 2. The number of benzene rings is 1. The molecule has 1 atom stereocenters. The van der Waals surface area contributed by atoms with Gasteiger partial charge in [-0.15, -0.1) is 0 Å². The van der Waals surface area contributed by atoms with E-state index in [4.69, 9.17) is 0 Å². The van der Waals surface area contributed by atoms with Gasteiger partial charge in [-0.25, -0.2) is 4.68 Å². The Labute approximate surface area is 121 Å². The smallest absolute Gasteiger partial charge is 0.275 e. The average Bonchev–Trinajstić information content (AvgIpc) is 2.41. The van der Waals surface area contributed by atoms with Crippen molar-refractivity contribution in [2.24, 2.45) is 0 Å². The largest absolute Gasteiger partial charge is 0.295 e. The van der Waals surface area contributed by atoms with Crippen LogP contribution in [0.3, 0.4) is 0 Å². The quantitative estimate of drug-likeness (QED) is 0.792. The van der Waals surface area contributed by atoms with Crippen LogP contribution in [0, 0.1) is 0 Å². The van der Waals surface area contributed by atoms with Crippen LogP contribution in [0.15, 0.2) is 33.7 Å². The van der Waals surface area contributed by atoms with Gasteiger partial charge in [-0.3, -0.25) is 19.7 Å². The molecule has 0 bridgehead atoms. The molecule has 3 rings (SSSR count). The third-order valence-corrected chi connectivity index (χ3v) is 4.00. The maximum atomic E-state index is 12.4. The number of imide groups is 1. The van der Waals surface area contributed by atoms with Crippen molar-refractivity contribution in [3.63, 3.8) is 0 Å². The first-order valence-electron chi connectivity index (χ1n) is 6.07. The lowest BCUT2D eigenvalue weighted by atomic mass is 10.1. The first-order chi connectivity index (χ1) is 9.58. The highest BCUT2D eigenvalue weighted by Gasteiger charge is 2.29. The third kappa shape index (κ3) is 2.03. The normalized spacial score (nSPS) is 19.1. The van der Waals surface area contributed by atoms with Crippen molar-refractivity contribution in [3.8, 4) is 0 Å². The molecule has 7 heteroatoms. The van der Waals surface area contributed by atoms with Crippen molar-refractivity contribution in [3.05, 3.63) is 39.2 Å². The lowest BCUT2D eigenvalue weighted by molar-refractivity contribution is -0.136. The molecule has 1 aliphatic heterocycles. The van der Waals surface area contributed by atoms with Gasteiger partial charge in [0, 0.05) is 16.3 Å². The third-order valence-electron chi connectivity index (χ3n) is 3.31. The van der Waals surface area contributed by atoms with E-state index in [1.165, 1.54) is 0 Å². The maximum Gasteiger partial charge on any atom is 0.275 e. The summed E-state index contributed by atoms with van der Waals surface area (Å²) in [6.07, 6.45) is 2.04. The number of amides is 2. The summed E-state index contributed by atoms with van der Waals surface area (Å²) in [6, 6.07) is 4.53. The molecule has 1 aromatic carbocycles. The number of carbonyl (C=O) groups excluding carboxylic acids is 2. The van der Waals surface area contributed by atoms with Crippen molar-refractivity contribution in [1.29, 1.82) is 0 Å². The number of hydrogen-bond acceptors (Lipinski definition) is 4. The number of halogens is 1. The highest BCUT2D eigenvalue weighted by Crippen LogP contribution is 2.22. The Morgan fingerprint density at radius 3 is 2.80 bits per heavy atom. The van der Waals surface area contributed by atoms with Crippen LogP contribution in [-0.2, 0) is 9.59 Å². The molecule has 1 N–H and O–H groups in total. The monoisotopic (exact) mass is 335 g/mol. The lowest BCUT2D eigenvalue weighted by Gasteiger charge is -2.21. The van der Waals surface area contributed by atoms with Crippen LogP contribution >= 0.6 is 15.9 Å². The summed E-state index contributed by atoms with van der Waals surface area (Å²) in [7, 11) is 0. The number of hydrogen-bond donors (Lipinski definition) is 1. The van der Waals surface area contributed by atoms with Crippen LogP contribution in [0.1, 0.15) is 18.9 Å². The SMILES string of the molecule is O=C1CCC(n2ncc3c(Br)cccc3c2=O)C(=O)N1. The van der Waals surface area contributed by atoms with E-state index in [1.54, 1.807) is 18.3 Å². The van der Waals surface area contributed by atoms with E-state index in [1.807, 2.05) is 6.07 Å². The van der Waals surface area contributed by atoms with Crippen LogP contribution in [0.2, 0.25) is 0 Å². The van der Waals surface area contributed by atoms with Crippen LogP contribution < -0.4 is 10.9 Å². The summed E-state index contributed by atoms with van der Waals surface area (Å²) < 4.78 is 1.92. The summed E-state index contributed by atoms with van der Waals surface area (Å²) in [6.45, 7) is 0. The predicted octanol–water partition coefficient (Wildman–Crippen LogP) is 1.14. The second-order valence-electron chi connectivity index (χ2n) is 4.56. The number of rotatable bonds is 1. The fourth-order valence-electron chi connectivity index (χ4n) is 2.29. The first-order valence-corrected chi connectivity index (χ1v) is 6.87. The molecule has 20 heavy (non-hydrogen) atoms. The van der Waals surface area contributed by atoms with Crippen molar-refractivity contribution in [2.75, 3.05) is 0 Å². The van der Waals surface area contributed by atoms with Gasteiger partial charge in [-0.05, 0) is 18.6 Å². The van der Waals surface area contributed by atoms with Crippen molar-refractivity contribution >= 4 is 38.5 Å². The van der Waals surface area contributed by atoms with Crippen molar-refractivity contribution in [2.45, 2.75) is 18.9 Å². The van der Waals surface area contributed by atoms with Crippen molar-refractivity contribution < 1.29 is 9.59 Å². The molecule has 0 radical (unpaired) electrons. The van der Waals surface area contributed by atoms with Gasteiger partial charge in [-0.1, -0.05) is 22.0 Å². The Hall–Kier alpha value is -2.02. The van der Waals surface area contributed by atoms with E-state index in [0.29, 0.717) is 10.8 Å². The molecule has 0 spiro atoms. The van der Waals surface area contributed by atoms with Gasteiger partial charge < -0.3 is 0 Å². The maximum absolute atomic E-state index is 12.4. The number of nitrogens with one attached hydrogen (secondary N) is 1. The summed E-state index contributed by atoms with van der Waals surface area (Å²) in [5.41, 5.74) is -0.335. The Kier molecular flexibility index (Phi) is 3.13. The molecule has 1 aromatic heterocycles. The summed E-state index contributed by atoms with van der Waals surface area (Å²) in [5, 5.41) is 7.48. The minimum atomic E-state index is -0.733. The topological polar surface area (TPSA) is 81.1 Å². The predicted molar refractivity (Wildman–Crippen MR) is 75.1 cm³/mol. The standard InChI is InChI=1S/C13H10BrN3O3/c14-9-3-1-2-7-8(9)6-15-17(13(7)20)10-4-5-11(18)16-12(10)19/h1-3,6,10H,4-5H2,(H,16,18,19). The van der Waals surface area contributed by atoms with E-state index in [0.717, 1.165) is 9.15 Å². The molecule has 102 valence electrons. The summed E-state index contributed by atoms with van der Waals surface area (Å²) in [4.78, 5) is 35.4. The zero-order valence-corrected chi connectivity index (χ0v) is 11.9. The Morgan fingerprint density at radius 1 is 1.25 bits per heavy atom. The molecule has 0 saturated carbocycles. The fraction of sp³-hybridized carbons (Fsp3) is 0.231. The zero-order valence-electron chi connectivity index (χ0n) is 10.3. The lowest BCUT2D eigenvalue weighted by Crippen LogP contribution is -2.45. The van der Waals surface area contributed by atoms with Gasteiger partial charge in [0.2, 0.25) is 5.91 Å². The highest BCUT2D eigenvalue weighted by atomic mass is 79.9. The Balaban J connectivity index is 2.14. The second kappa shape index (κ2) is 4.82. The summed E-state index contributed by atoms with van der Waals surface area (Å²) in [5.74, 6) is -0.798. The van der Waals surface area contributed by atoms with Gasteiger partial charge in [0.15, 0.2) is 0 Å². The van der Waals surface area contributed by atoms with Crippen LogP contribution in [-0.4, -0.2) is 21.6 Å². The number of aromatic nitrogens is 2. The van der Waals surface area contributed by atoms with E-state index in [-0.39, 0.29) is 24.3 Å². The van der Waals surface area contributed by atoms with Crippen LogP contribution in [0.5, 0.6) is 0 Å². The number of fused-ring (bicyclic) bond motifs is 1. The molecular weight excluding hydrogens is 326 g/mol. The molecule has 1 fully saturated rings. The molecule has 2 aromatic rings. The molecule has 2 heterocycles. The Bertz CT molecular complexity index is 784. The molecule has 1 aliphatic rings. The molecule has 1 unspecified atom stereocenters. The van der Waals surface area contributed by atoms with E-state index >= 15 is 0 Å². The minimum absolute atomic E-state index is 0.209. The number of piperidine rings is 1. The molecule has 2 amide bonds. The van der Waals surface area contributed by atoms with E-state index in [2.05, 4.69) is 26.3 Å². The van der Waals surface area contributed by atoms with Gasteiger partial charge >= 0.3 is 0 Å². The van der Waals surface area contributed by atoms with Gasteiger partial charge in [-0.2, -0.15) is 5.10 Å². The molecular formula is C13H10BrN3O3. The summed E-state index contributed by atoms with van der Waals surface area (Å²) >= 11 is 3.36. The van der Waals surface area contributed by atoms with Crippen molar-refractivity contribution in [1.82, 2.24) is 15.1 Å². The van der Waals surface area contributed by atoms with E-state index < -0.39 is 11.9 Å². The number of carbonyl (C=O) groups is 2. The molecule has 0 aliphatic carbocycles. The first kappa shape index (κ1) is 13.0. The average molecular weight is 336 g/mol. The van der Waals surface area contributed by atoms with Gasteiger partial charge in [0.05, 0.1) is 11.6 Å². The van der Waals surface area contributed by atoms with Gasteiger partial charge in [0.1, 0.15) is 6.04 Å². The van der Waals surface area contributed by atoms with Gasteiger partial charge in [0.25, 0.3) is 11.5 Å². The van der Waals surface area contributed by atoms with Crippen LogP contribution in [0.25, 0.3) is 10.8 Å².